The molecule has 0 atom stereocenters. The maximum absolute atomic E-state index is 12.6. The number of benzene rings is 2. The molecule has 1 saturated carbocycles. The molecule has 1 aliphatic carbocycles. The molecule has 1 N–H and O–H groups in total. The van der Waals surface area contributed by atoms with Crippen LogP contribution in [0.25, 0.3) is 11.1 Å². The third-order valence-corrected chi connectivity index (χ3v) is 3.68. The fourth-order valence-corrected chi connectivity index (χ4v) is 2.37. The normalized spacial score (nSPS) is 17.0. The van der Waals surface area contributed by atoms with E-state index in [9.17, 15) is 18.3 Å². The minimum atomic E-state index is -4.33. The van der Waals surface area contributed by atoms with E-state index in [0.29, 0.717) is 18.4 Å². The van der Waals surface area contributed by atoms with Crippen molar-refractivity contribution in [3.05, 3.63) is 59.7 Å². The van der Waals surface area contributed by atoms with Gasteiger partial charge in [0.05, 0.1) is 11.2 Å². The lowest BCUT2D eigenvalue weighted by atomic mass is 9.94. The van der Waals surface area contributed by atoms with Crippen molar-refractivity contribution in [2.24, 2.45) is 0 Å². The molecule has 20 heavy (non-hydrogen) atoms. The molecule has 0 saturated heterocycles. The summed E-state index contributed by atoms with van der Waals surface area (Å²) in [6, 6.07) is 12.4. The third-order valence-electron chi connectivity index (χ3n) is 3.68. The van der Waals surface area contributed by atoms with Crippen molar-refractivity contribution in [2.75, 3.05) is 0 Å². The highest BCUT2D eigenvalue weighted by Crippen LogP contribution is 2.48. The fraction of sp³-hybridized carbons (Fsp3) is 0.250. The van der Waals surface area contributed by atoms with E-state index in [0.717, 1.165) is 23.3 Å². The molecular weight excluding hydrogens is 265 g/mol. The maximum atomic E-state index is 12.6. The predicted octanol–water partition coefficient (Wildman–Crippen LogP) is 4.35. The largest absolute Gasteiger partial charge is 0.416 e. The summed E-state index contributed by atoms with van der Waals surface area (Å²) in [4.78, 5) is 0. The summed E-state index contributed by atoms with van der Waals surface area (Å²) in [5, 5.41) is 10.2. The fourth-order valence-electron chi connectivity index (χ4n) is 2.37. The first-order chi connectivity index (χ1) is 9.40. The second-order valence-corrected chi connectivity index (χ2v) is 5.15. The molecule has 4 heteroatoms. The molecule has 0 amide bonds. The topological polar surface area (TPSA) is 20.2 Å². The maximum Gasteiger partial charge on any atom is 0.416 e. The second kappa shape index (κ2) is 4.35. The highest BCUT2D eigenvalue weighted by Gasteiger charge is 2.43. The van der Waals surface area contributed by atoms with Gasteiger partial charge in [-0.3, -0.25) is 0 Å². The number of hydrogen-bond donors (Lipinski definition) is 1. The molecule has 0 aromatic heterocycles. The molecule has 0 spiro atoms. The van der Waals surface area contributed by atoms with Crippen LogP contribution in [0, 0.1) is 0 Å². The summed E-state index contributed by atoms with van der Waals surface area (Å²) in [7, 11) is 0. The molecule has 2 aromatic carbocycles. The van der Waals surface area contributed by atoms with Crippen molar-refractivity contribution < 1.29 is 18.3 Å². The Bertz CT molecular complexity index is 625. The Labute approximate surface area is 114 Å². The Balaban J connectivity index is 2.02. The molecule has 3 rings (SSSR count). The van der Waals surface area contributed by atoms with Crippen LogP contribution in [0.4, 0.5) is 13.2 Å². The lowest BCUT2D eigenvalue weighted by Crippen LogP contribution is -2.07. The van der Waals surface area contributed by atoms with Gasteiger partial charge in [0.25, 0.3) is 0 Å². The van der Waals surface area contributed by atoms with E-state index >= 15 is 0 Å². The molecule has 0 aliphatic heterocycles. The van der Waals surface area contributed by atoms with Gasteiger partial charge in [0.15, 0.2) is 0 Å². The van der Waals surface area contributed by atoms with Gasteiger partial charge >= 0.3 is 6.18 Å². The molecule has 0 bridgehead atoms. The van der Waals surface area contributed by atoms with Crippen LogP contribution >= 0.6 is 0 Å². The Morgan fingerprint density at radius 3 is 2.05 bits per heavy atom. The molecule has 0 radical (unpaired) electrons. The van der Waals surface area contributed by atoms with Crippen molar-refractivity contribution >= 4 is 0 Å². The smallest absolute Gasteiger partial charge is 0.385 e. The Hall–Kier alpha value is -1.81. The summed E-state index contributed by atoms with van der Waals surface area (Å²) < 4.78 is 37.7. The summed E-state index contributed by atoms with van der Waals surface area (Å²) in [6.07, 6.45) is -2.93. The van der Waals surface area contributed by atoms with Crippen LogP contribution in [0.3, 0.4) is 0 Å². The minimum Gasteiger partial charge on any atom is -0.385 e. The van der Waals surface area contributed by atoms with E-state index < -0.39 is 17.3 Å². The van der Waals surface area contributed by atoms with E-state index in [1.807, 2.05) is 24.3 Å². The van der Waals surface area contributed by atoms with Crippen LogP contribution in [0.5, 0.6) is 0 Å². The van der Waals surface area contributed by atoms with Gasteiger partial charge < -0.3 is 5.11 Å². The number of hydrogen-bond acceptors (Lipinski definition) is 1. The van der Waals surface area contributed by atoms with Gasteiger partial charge in [-0.2, -0.15) is 13.2 Å². The zero-order chi connectivity index (χ0) is 14.4. The summed E-state index contributed by atoms with van der Waals surface area (Å²) in [5.74, 6) is 0. The van der Waals surface area contributed by atoms with Crippen molar-refractivity contribution in [1.82, 2.24) is 0 Å². The van der Waals surface area contributed by atoms with Gasteiger partial charge in [-0.05, 0) is 41.7 Å². The van der Waals surface area contributed by atoms with Crippen LogP contribution in [-0.2, 0) is 11.8 Å². The Morgan fingerprint density at radius 2 is 1.50 bits per heavy atom. The van der Waals surface area contributed by atoms with E-state index in [2.05, 4.69) is 0 Å². The van der Waals surface area contributed by atoms with Gasteiger partial charge in [-0.1, -0.05) is 36.4 Å². The first-order valence-corrected chi connectivity index (χ1v) is 6.40. The van der Waals surface area contributed by atoms with Gasteiger partial charge in [-0.15, -0.1) is 0 Å². The predicted molar refractivity (Wildman–Crippen MR) is 70.0 cm³/mol. The summed E-state index contributed by atoms with van der Waals surface area (Å²) in [5.41, 5.74) is 0.804. The Kier molecular flexibility index (Phi) is 2.87. The zero-order valence-corrected chi connectivity index (χ0v) is 10.6. The summed E-state index contributed by atoms with van der Waals surface area (Å²) >= 11 is 0. The molecule has 1 nitrogen and oxygen atoms in total. The van der Waals surface area contributed by atoms with Crippen LogP contribution in [0.1, 0.15) is 24.0 Å². The number of rotatable bonds is 2. The number of aliphatic hydroxyl groups is 1. The van der Waals surface area contributed by atoms with Crippen LogP contribution < -0.4 is 0 Å². The van der Waals surface area contributed by atoms with Gasteiger partial charge in [0.1, 0.15) is 0 Å². The molecule has 2 aromatic rings. The van der Waals surface area contributed by atoms with Crippen LogP contribution in [0.2, 0.25) is 0 Å². The van der Waals surface area contributed by atoms with E-state index in [-0.39, 0.29) is 0 Å². The Morgan fingerprint density at radius 1 is 0.900 bits per heavy atom. The van der Waals surface area contributed by atoms with E-state index in [1.165, 1.54) is 12.1 Å². The zero-order valence-electron chi connectivity index (χ0n) is 10.6. The highest BCUT2D eigenvalue weighted by atomic mass is 19.4. The monoisotopic (exact) mass is 278 g/mol. The van der Waals surface area contributed by atoms with Crippen LogP contribution in [-0.4, -0.2) is 5.11 Å². The highest BCUT2D eigenvalue weighted by molar-refractivity contribution is 5.69. The molecule has 0 unspecified atom stereocenters. The SMILES string of the molecule is OC1(c2ccccc2-c2ccc(C(F)(F)F)cc2)CC1. The van der Waals surface area contributed by atoms with E-state index in [1.54, 1.807) is 0 Å². The second-order valence-electron chi connectivity index (χ2n) is 5.15. The van der Waals surface area contributed by atoms with E-state index in [4.69, 9.17) is 0 Å². The van der Waals surface area contributed by atoms with Gasteiger partial charge in [0, 0.05) is 0 Å². The first kappa shape index (κ1) is 13.2. The standard InChI is InChI=1S/C16H13F3O/c17-16(18,19)12-7-5-11(6-8-12)13-3-1-2-4-14(13)15(20)9-10-15/h1-8,20H,9-10H2. The lowest BCUT2D eigenvalue weighted by Gasteiger charge is -2.15. The van der Waals surface area contributed by atoms with Crippen molar-refractivity contribution in [2.45, 2.75) is 24.6 Å². The third kappa shape index (κ3) is 2.31. The molecule has 104 valence electrons. The lowest BCUT2D eigenvalue weighted by molar-refractivity contribution is -0.137. The number of halogens is 3. The number of alkyl halides is 3. The molecule has 0 heterocycles. The minimum absolute atomic E-state index is 0.663. The molecule has 1 fully saturated rings. The van der Waals surface area contributed by atoms with Gasteiger partial charge in [0.2, 0.25) is 0 Å². The molecular formula is C16H13F3O. The van der Waals surface area contributed by atoms with Crippen molar-refractivity contribution in [3.63, 3.8) is 0 Å². The first-order valence-electron chi connectivity index (χ1n) is 6.40. The molecule has 1 aliphatic rings. The van der Waals surface area contributed by atoms with Crippen LogP contribution in [0.15, 0.2) is 48.5 Å². The van der Waals surface area contributed by atoms with Crippen molar-refractivity contribution in [1.29, 1.82) is 0 Å². The average molecular weight is 278 g/mol. The van der Waals surface area contributed by atoms with Gasteiger partial charge in [-0.25, -0.2) is 0 Å². The summed E-state index contributed by atoms with van der Waals surface area (Å²) in [6.45, 7) is 0. The quantitative estimate of drug-likeness (QED) is 0.865. The average Bonchev–Trinajstić information content (AvgIpc) is 3.17. The van der Waals surface area contributed by atoms with Crippen molar-refractivity contribution in [3.8, 4) is 11.1 Å².